The smallest absolute Gasteiger partial charge is 0.261 e. The summed E-state index contributed by atoms with van der Waals surface area (Å²) in [6.45, 7) is 5.69. The number of thiophene rings is 1. The lowest BCUT2D eigenvalue weighted by Crippen LogP contribution is -2.51. The van der Waals surface area contributed by atoms with Crippen LogP contribution in [0.4, 0.5) is 0 Å². The van der Waals surface area contributed by atoms with E-state index in [-0.39, 0.29) is 30.8 Å². The zero-order chi connectivity index (χ0) is 20.6. The van der Waals surface area contributed by atoms with Gasteiger partial charge in [-0.25, -0.2) is 0 Å². The SMILES string of the molecule is Cc1cccc(CN2CCN(C(=O)CNC(=O)CNC(=O)c3cccs3)CC2)c1. The van der Waals surface area contributed by atoms with E-state index in [0.29, 0.717) is 18.0 Å². The lowest BCUT2D eigenvalue weighted by Gasteiger charge is -2.34. The van der Waals surface area contributed by atoms with Crippen LogP contribution in [0.3, 0.4) is 0 Å². The standard InChI is InChI=1S/C21H26N4O3S/c1-16-4-2-5-17(12-16)15-24-7-9-25(10-8-24)20(27)14-22-19(26)13-23-21(28)18-6-3-11-29-18/h2-6,11-12H,7-10,13-15H2,1H3,(H,22,26)(H,23,28). The van der Waals surface area contributed by atoms with E-state index in [1.165, 1.54) is 22.5 Å². The van der Waals surface area contributed by atoms with Gasteiger partial charge in [0.1, 0.15) is 0 Å². The molecule has 0 saturated carbocycles. The molecule has 1 aromatic carbocycles. The minimum absolute atomic E-state index is 0.0500. The van der Waals surface area contributed by atoms with Gasteiger partial charge in [-0.3, -0.25) is 19.3 Å². The van der Waals surface area contributed by atoms with Gasteiger partial charge in [0, 0.05) is 32.7 Å². The Kier molecular flexibility index (Phi) is 7.37. The van der Waals surface area contributed by atoms with Crippen LogP contribution in [-0.2, 0) is 16.1 Å². The van der Waals surface area contributed by atoms with Gasteiger partial charge in [0.15, 0.2) is 0 Å². The molecular formula is C21H26N4O3S. The largest absolute Gasteiger partial charge is 0.345 e. The van der Waals surface area contributed by atoms with Crippen LogP contribution in [0.1, 0.15) is 20.8 Å². The van der Waals surface area contributed by atoms with E-state index < -0.39 is 0 Å². The van der Waals surface area contributed by atoms with Crippen molar-refractivity contribution in [3.63, 3.8) is 0 Å². The molecule has 2 heterocycles. The number of nitrogens with zero attached hydrogens (tertiary/aromatic N) is 2. The van der Waals surface area contributed by atoms with Gasteiger partial charge in [0.25, 0.3) is 5.91 Å². The van der Waals surface area contributed by atoms with E-state index in [0.717, 1.165) is 19.6 Å². The number of amides is 3. The second kappa shape index (κ2) is 10.2. The quantitative estimate of drug-likeness (QED) is 0.715. The molecule has 1 aliphatic heterocycles. The number of carbonyl (C=O) groups is 3. The fourth-order valence-corrected chi connectivity index (χ4v) is 3.87. The summed E-state index contributed by atoms with van der Waals surface area (Å²) in [6.07, 6.45) is 0. The van der Waals surface area contributed by atoms with Crippen molar-refractivity contribution in [2.24, 2.45) is 0 Å². The summed E-state index contributed by atoms with van der Waals surface area (Å²) in [5.74, 6) is -0.759. The molecule has 2 N–H and O–H groups in total. The van der Waals surface area contributed by atoms with E-state index in [1.807, 2.05) is 0 Å². The molecule has 3 amide bonds. The zero-order valence-corrected chi connectivity index (χ0v) is 17.3. The highest BCUT2D eigenvalue weighted by atomic mass is 32.1. The Morgan fingerprint density at radius 2 is 1.79 bits per heavy atom. The maximum atomic E-state index is 12.3. The fourth-order valence-electron chi connectivity index (χ4n) is 3.23. The number of hydrogen-bond acceptors (Lipinski definition) is 5. The molecule has 3 rings (SSSR count). The van der Waals surface area contributed by atoms with Crippen molar-refractivity contribution in [3.05, 3.63) is 57.8 Å². The average molecular weight is 415 g/mol. The zero-order valence-electron chi connectivity index (χ0n) is 16.5. The molecule has 0 atom stereocenters. The molecule has 1 saturated heterocycles. The third kappa shape index (κ3) is 6.40. The molecule has 0 aliphatic carbocycles. The molecule has 1 aliphatic rings. The number of nitrogens with one attached hydrogen (secondary N) is 2. The second-order valence-electron chi connectivity index (χ2n) is 7.08. The topological polar surface area (TPSA) is 81.8 Å². The first-order valence-corrected chi connectivity index (χ1v) is 10.5. The van der Waals surface area contributed by atoms with E-state index in [4.69, 9.17) is 0 Å². The van der Waals surface area contributed by atoms with Gasteiger partial charge in [-0.05, 0) is 23.9 Å². The van der Waals surface area contributed by atoms with Crippen molar-refractivity contribution in [3.8, 4) is 0 Å². The highest BCUT2D eigenvalue weighted by Crippen LogP contribution is 2.10. The van der Waals surface area contributed by atoms with Crippen molar-refractivity contribution >= 4 is 29.1 Å². The van der Waals surface area contributed by atoms with Crippen LogP contribution < -0.4 is 10.6 Å². The van der Waals surface area contributed by atoms with Crippen LogP contribution in [0.5, 0.6) is 0 Å². The summed E-state index contributed by atoms with van der Waals surface area (Å²) < 4.78 is 0. The van der Waals surface area contributed by atoms with Crippen LogP contribution in [-0.4, -0.2) is 66.8 Å². The Hall–Kier alpha value is -2.71. The van der Waals surface area contributed by atoms with Gasteiger partial charge < -0.3 is 15.5 Å². The van der Waals surface area contributed by atoms with Gasteiger partial charge in [0.2, 0.25) is 11.8 Å². The maximum absolute atomic E-state index is 12.3. The molecule has 8 heteroatoms. The second-order valence-corrected chi connectivity index (χ2v) is 8.03. The summed E-state index contributed by atoms with van der Waals surface area (Å²) >= 11 is 1.31. The number of piperazine rings is 1. The minimum atomic E-state index is -0.374. The Labute approximate surface area is 174 Å². The van der Waals surface area contributed by atoms with E-state index in [2.05, 4.69) is 46.7 Å². The number of carbonyl (C=O) groups excluding carboxylic acids is 3. The fraction of sp³-hybridized carbons (Fsp3) is 0.381. The van der Waals surface area contributed by atoms with Crippen molar-refractivity contribution in [2.75, 3.05) is 39.3 Å². The predicted octanol–water partition coefficient (Wildman–Crippen LogP) is 1.25. The molecule has 1 aromatic heterocycles. The average Bonchev–Trinajstić information content (AvgIpc) is 3.26. The third-order valence-corrected chi connectivity index (χ3v) is 5.67. The highest BCUT2D eigenvalue weighted by molar-refractivity contribution is 7.12. The Bertz CT molecular complexity index is 845. The Morgan fingerprint density at radius 1 is 1.00 bits per heavy atom. The molecule has 1 fully saturated rings. The van der Waals surface area contributed by atoms with Crippen LogP contribution in [0, 0.1) is 6.92 Å². The van der Waals surface area contributed by atoms with Gasteiger partial charge >= 0.3 is 0 Å². The van der Waals surface area contributed by atoms with Gasteiger partial charge in [0.05, 0.1) is 18.0 Å². The van der Waals surface area contributed by atoms with Gasteiger partial charge in [-0.1, -0.05) is 35.9 Å². The first-order valence-electron chi connectivity index (χ1n) is 9.65. The first-order chi connectivity index (χ1) is 14.0. The molecule has 0 unspecified atom stereocenters. The summed E-state index contributed by atoms with van der Waals surface area (Å²) in [5.41, 5.74) is 2.53. The van der Waals surface area contributed by atoms with Crippen molar-refractivity contribution in [2.45, 2.75) is 13.5 Å². The highest BCUT2D eigenvalue weighted by Gasteiger charge is 2.21. The molecule has 7 nitrogen and oxygen atoms in total. The van der Waals surface area contributed by atoms with E-state index in [9.17, 15) is 14.4 Å². The van der Waals surface area contributed by atoms with E-state index in [1.54, 1.807) is 22.4 Å². The van der Waals surface area contributed by atoms with Gasteiger partial charge in [-0.15, -0.1) is 11.3 Å². The predicted molar refractivity (Wildman–Crippen MR) is 113 cm³/mol. The number of rotatable bonds is 7. The molecule has 0 radical (unpaired) electrons. The lowest BCUT2D eigenvalue weighted by molar-refractivity contribution is -0.134. The van der Waals surface area contributed by atoms with Crippen molar-refractivity contribution < 1.29 is 14.4 Å². The molecule has 0 spiro atoms. The van der Waals surface area contributed by atoms with Gasteiger partial charge in [-0.2, -0.15) is 0 Å². The summed E-state index contributed by atoms with van der Waals surface area (Å²) in [5, 5.41) is 6.93. The van der Waals surface area contributed by atoms with Crippen LogP contribution >= 0.6 is 11.3 Å². The molecule has 154 valence electrons. The normalized spacial score (nSPS) is 14.4. The first kappa shape index (κ1) is 21.0. The lowest BCUT2D eigenvalue weighted by atomic mass is 10.1. The molecule has 29 heavy (non-hydrogen) atoms. The summed E-state index contributed by atoms with van der Waals surface area (Å²) in [4.78, 5) is 40.7. The van der Waals surface area contributed by atoms with Crippen LogP contribution in [0.25, 0.3) is 0 Å². The van der Waals surface area contributed by atoms with Crippen LogP contribution in [0.15, 0.2) is 41.8 Å². The molecule has 0 bridgehead atoms. The monoisotopic (exact) mass is 414 g/mol. The summed E-state index contributed by atoms with van der Waals surface area (Å²) in [7, 11) is 0. The number of benzene rings is 1. The Balaban J connectivity index is 1.34. The number of hydrogen-bond donors (Lipinski definition) is 2. The molecule has 2 aromatic rings. The number of aryl methyl sites for hydroxylation is 1. The molecular weight excluding hydrogens is 388 g/mol. The van der Waals surface area contributed by atoms with Crippen LogP contribution in [0.2, 0.25) is 0 Å². The Morgan fingerprint density at radius 3 is 2.48 bits per heavy atom. The van der Waals surface area contributed by atoms with E-state index >= 15 is 0 Å². The van der Waals surface area contributed by atoms with Crippen molar-refractivity contribution in [1.29, 1.82) is 0 Å². The van der Waals surface area contributed by atoms with Crippen molar-refractivity contribution in [1.82, 2.24) is 20.4 Å². The third-order valence-electron chi connectivity index (χ3n) is 4.80. The maximum Gasteiger partial charge on any atom is 0.261 e. The summed E-state index contributed by atoms with van der Waals surface area (Å²) in [6, 6.07) is 11.9. The minimum Gasteiger partial charge on any atom is -0.345 e.